The highest BCUT2D eigenvalue weighted by Gasteiger charge is 2.45. The van der Waals surface area contributed by atoms with E-state index >= 15 is 0 Å². The van der Waals surface area contributed by atoms with E-state index in [4.69, 9.17) is 0 Å². The van der Waals surface area contributed by atoms with E-state index in [9.17, 15) is 0 Å². The minimum Gasteiger partial charge on any atom is -0.314 e. The molecule has 4 aliphatic heterocycles. The Bertz CT molecular complexity index is 344. The molecule has 4 rings (SSSR count). The minimum absolute atomic E-state index is 0.810. The SMILES string of the molecule is CCCNC1CC2CCC(C1)N2C1CCN2CCCC2C1. The molecule has 21 heavy (non-hydrogen) atoms. The van der Waals surface area contributed by atoms with Gasteiger partial charge in [0.15, 0.2) is 0 Å². The second-order valence-corrected chi connectivity index (χ2v) is 7.96. The molecule has 0 spiro atoms. The Labute approximate surface area is 130 Å². The van der Waals surface area contributed by atoms with E-state index in [2.05, 4.69) is 22.0 Å². The Morgan fingerprint density at radius 1 is 0.857 bits per heavy atom. The van der Waals surface area contributed by atoms with Gasteiger partial charge in [-0.15, -0.1) is 0 Å². The van der Waals surface area contributed by atoms with Crippen LogP contribution in [0.5, 0.6) is 0 Å². The number of piperidine rings is 2. The van der Waals surface area contributed by atoms with E-state index in [1.165, 1.54) is 77.4 Å². The zero-order chi connectivity index (χ0) is 14.2. The fourth-order valence-electron chi connectivity index (χ4n) is 5.80. The number of rotatable bonds is 4. The summed E-state index contributed by atoms with van der Waals surface area (Å²) in [5, 5.41) is 3.80. The summed E-state index contributed by atoms with van der Waals surface area (Å²) in [6, 6.07) is 4.45. The first-order valence-corrected chi connectivity index (χ1v) is 9.60. The summed E-state index contributed by atoms with van der Waals surface area (Å²) in [4.78, 5) is 5.77. The summed E-state index contributed by atoms with van der Waals surface area (Å²) in [7, 11) is 0. The number of nitrogens with zero attached hydrogens (tertiary/aromatic N) is 2. The molecular formula is C18H33N3. The highest BCUT2D eigenvalue weighted by atomic mass is 15.3. The molecule has 0 saturated carbocycles. The quantitative estimate of drug-likeness (QED) is 0.859. The number of hydrogen-bond acceptors (Lipinski definition) is 3. The van der Waals surface area contributed by atoms with Crippen LogP contribution in [0.15, 0.2) is 0 Å². The Morgan fingerprint density at radius 2 is 1.62 bits per heavy atom. The normalized spacial score (nSPS) is 44.1. The Balaban J connectivity index is 1.38. The number of hydrogen-bond donors (Lipinski definition) is 1. The van der Waals surface area contributed by atoms with Gasteiger partial charge in [-0.3, -0.25) is 4.90 Å². The first-order valence-electron chi connectivity index (χ1n) is 9.60. The first-order chi connectivity index (χ1) is 10.3. The zero-order valence-electron chi connectivity index (χ0n) is 13.8. The van der Waals surface area contributed by atoms with Gasteiger partial charge in [0.2, 0.25) is 0 Å². The molecule has 4 aliphatic rings. The summed E-state index contributed by atoms with van der Waals surface area (Å²) in [6.45, 7) is 6.26. The van der Waals surface area contributed by atoms with Crippen LogP contribution >= 0.6 is 0 Å². The standard InChI is InChI=1S/C18H33N3/c1-2-8-19-14-11-16-5-6-17(12-14)21(16)18-7-10-20-9-3-4-15(20)13-18/h14-19H,2-13H2,1H3. The lowest BCUT2D eigenvalue weighted by molar-refractivity contribution is 0.0228. The molecule has 4 atom stereocenters. The van der Waals surface area contributed by atoms with Crippen LogP contribution in [0.25, 0.3) is 0 Å². The van der Waals surface area contributed by atoms with Gasteiger partial charge < -0.3 is 10.2 Å². The van der Waals surface area contributed by atoms with Crippen LogP contribution in [-0.2, 0) is 0 Å². The van der Waals surface area contributed by atoms with Crippen molar-refractivity contribution in [2.24, 2.45) is 0 Å². The van der Waals surface area contributed by atoms with Crippen LogP contribution in [0.3, 0.4) is 0 Å². The van der Waals surface area contributed by atoms with Crippen LogP contribution in [0.1, 0.15) is 64.7 Å². The van der Waals surface area contributed by atoms with Gasteiger partial charge in [-0.1, -0.05) is 6.92 Å². The lowest BCUT2D eigenvalue weighted by Crippen LogP contribution is -2.56. The lowest BCUT2D eigenvalue weighted by Gasteiger charge is -2.47. The van der Waals surface area contributed by atoms with Crippen molar-refractivity contribution < 1.29 is 0 Å². The van der Waals surface area contributed by atoms with Crippen molar-refractivity contribution in [1.82, 2.24) is 15.1 Å². The average molecular weight is 291 g/mol. The van der Waals surface area contributed by atoms with Crippen LogP contribution in [0.2, 0.25) is 0 Å². The second-order valence-electron chi connectivity index (χ2n) is 7.96. The highest BCUT2D eigenvalue weighted by Crippen LogP contribution is 2.41. The maximum Gasteiger partial charge on any atom is 0.0128 e. The van der Waals surface area contributed by atoms with Crippen molar-refractivity contribution >= 4 is 0 Å². The maximum atomic E-state index is 3.80. The fraction of sp³-hybridized carbons (Fsp3) is 1.00. The van der Waals surface area contributed by atoms with E-state index in [1.807, 2.05) is 0 Å². The molecule has 120 valence electrons. The molecule has 4 heterocycles. The predicted octanol–water partition coefficient (Wildman–Crippen LogP) is 2.61. The van der Waals surface area contributed by atoms with Crippen molar-refractivity contribution in [3.05, 3.63) is 0 Å². The zero-order valence-corrected chi connectivity index (χ0v) is 13.8. The van der Waals surface area contributed by atoms with E-state index in [1.54, 1.807) is 0 Å². The molecule has 0 aromatic carbocycles. The monoisotopic (exact) mass is 291 g/mol. The smallest absolute Gasteiger partial charge is 0.0128 e. The first kappa shape index (κ1) is 14.5. The number of fused-ring (bicyclic) bond motifs is 3. The van der Waals surface area contributed by atoms with Crippen molar-refractivity contribution in [1.29, 1.82) is 0 Å². The van der Waals surface area contributed by atoms with Crippen molar-refractivity contribution in [2.45, 2.75) is 94.9 Å². The topological polar surface area (TPSA) is 18.5 Å². The summed E-state index contributed by atoms with van der Waals surface area (Å²) in [5.41, 5.74) is 0. The molecule has 0 amide bonds. The van der Waals surface area contributed by atoms with Gasteiger partial charge in [-0.25, -0.2) is 0 Å². The van der Waals surface area contributed by atoms with E-state index in [0.29, 0.717) is 0 Å². The average Bonchev–Trinajstić information content (AvgIpc) is 3.06. The molecule has 4 unspecified atom stereocenters. The van der Waals surface area contributed by atoms with Crippen molar-refractivity contribution in [2.75, 3.05) is 19.6 Å². The second kappa shape index (κ2) is 6.17. The van der Waals surface area contributed by atoms with Gasteiger partial charge in [0.1, 0.15) is 0 Å². The Hall–Kier alpha value is -0.120. The molecule has 4 saturated heterocycles. The molecule has 0 radical (unpaired) electrons. The van der Waals surface area contributed by atoms with Crippen LogP contribution in [0.4, 0.5) is 0 Å². The summed E-state index contributed by atoms with van der Waals surface area (Å²) in [6.07, 6.45) is 12.9. The lowest BCUT2D eigenvalue weighted by atomic mass is 9.90. The summed E-state index contributed by atoms with van der Waals surface area (Å²) >= 11 is 0. The molecule has 3 heteroatoms. The van der Waals surface area contributed by atoms with Gasteiger partial charge in [-0.05, 0) is 77.4 Å². The number of nitrogens with one attached hydrogen (secondary N) is 1. The van der Waals surface area contributed by atoms with Gasteiger partial charge in [-0.2, -0.15) is 0 Å². The van der Waals surface area contributed by atoms with E-state index < -0.39 is 0 Å². The highest BCUT2D eigenvalue weighted by molar-refractivity contribution is 5.02. The van der Waals surface area contributed by atoms with Crippen LogP contribution in [0, 0.1) is 0 Å². The van der Waals surface area contributed by atoms with Crippen LogP contribution in [-0.4, -0.2) is 59.6 Å². The molecule has 0 aliphatic carbocycles. The third-order valence-corrected chi connectivity index (χ3v) is 6.69. The largest absolute Gasteiger partial charge is 0.314 e. The predicted molar refractivity (Wildman–Crippen MR) is 87.6 cm³/mol. The van der Waals surface area contributed by atoms with Crippen LogP contribution < -0.4 is 5.32 Å². The van der Waals surface area contributed by atoms with Crippen molar-refractivity contribution in [3.63, 3.8) is 0 Å². The Morgan fingerprint density at radius 3 is 2.38 bits per heavy atom. The van der Waals surface area contributed by atoms with Crippen molar-refractivity contribution in [3.8, 4) is 0 Å². The molecular weight excluding hydrogens is 258 g/mol. The minimum atomic E-state index is 0.810. The molecule has 2 bridgehead atoms. The van der Waals surface area contributed by atoms with Gasteiger partial charge in [0.05, 0.1) is 0 Å². The third kappa shape index (κ3) is 2.77. The molecule has 0 aromatic heterocycles. The Kier molecular flexibility index (Phi) is 4.25. The molecule has 4 fully saturated rings. The van der Waals surface area contributed by atoms with E-state index in [-0.39, 0.29) is 0 Å². The fourth-order valence-corrected chi connectivity index (χ4v) is 5.80. The van der Waals surface area contributed by atoms with E-state index in [0.717, 1.165) is 30.2 Å². The van der Waals surface area contributed by atoms with Gasteiger partial charge >= 0.3 is 0 Å². The van der Waals surface area contributed by atoms with Gasteiger partial charge in [0, 0.05) is 30.2 Å². The molecule has 1 N–H and O–H groups in total. The molecule has 0 aromatic rings. The molecule has 3 nitrogen and oxygen atoms in total. The third-order valence-electron chi connectivity index (χ3n) is 6.69. The summed E-state index contributed by atoms with van der Waals surface area (Å²) in [5.74, 6) is 0. The van der Waals surface area contributed by atoms with Gasteiger partial charge in [0.25, 0.3) is 0 Å². The maximum absolute atomic E-state index is 3.80. The summed E-state index contributed by atoms with van der Waals surface area (Å²) < 4.78 is 0.